The molecule has 1 aromatic heterocycles. The normalized spacial score (nSPS) is 10.7. The zero-order chi connectivity index (χ0) is 13.7. The fraction of sp³-hybridized carbons (Fsp3) is 0.438. The first-order valence-corrected chi connectivity index (χ1v) is 6.79. The molecule has 0 aliphatic heterocycles. The zero-order valence-electron chi connectivity index (χ0n) is 11.9. The van der Waals surface area contributed by atoms with Crippen LogP contribution in [0.25, 0.3) is 10.9 Å². The number of benzene rings is 1. The minimum Gasteiger partial charge on any atom is -0.309 e. The monoisotopic (exact) mass is 255 g/mol. The van der Waals surface area contributed by atoms with E-state index in [0.29, 0.717) is 6.04 Å². The Morgan fingerprint density at radius 2 is 2.11 bits per heavy atom. The molecule has 0 amide bonds. The summed E-state index contributed by atoms with van der Waals surface area (Å²) < 4.78 is 2.07. The molecule has 0 saturated heterocycles. The van der Waals surface area contributed by atoms with Crippen LogP contribution < -0.4 is 5.32 Å². The first-order valence-electron chi connectivity index (χ1n) is 6.79. The molecule has 3 heteroatoms. The van der Waals surface area contributed by atoms with Crippen molar-refractivity contribution in [1.29, 1.82) is 0 Å². The van der Waals surface area contributed by atoms with Gasteiger partial charge in [-0.05, 0) is 13.0 Å². The minimum atomic E-state index is 0.467. The third-order valence-electron chi connectivity index (χ3n) is 3.04. The fourth-order valence-electron chi connectivity index (χ4n) is 2.08. The second-order valence-corrected chi connectivity index (χ2v) is 4.90. The molecular formula is C16H21N3. The predicted octanol–water partition coefficient (Wildman–Crippen LogP) is 2.95. The molecule has 0 aliphatic carbocycles. The number of nitrogens with zero attached hydrogens (tertiary/aromatic N) is 2. The minimum absolute atomic E-state index is 0.467. The Kier molecular flexibility index (Phi) is 4.59. The van der Waals surface area contributed by atoms with Crippen LogP contribution in [0, 0.1) is 11.8 Å². The number of aromatic nitrogens is 2. The Balaban J connectivity index is 2.27. The van der Waals surface area contributed by atoms with Gasteiger partial charge in [0.1, 0.15) is 0 Å². The summed E-state index contributed by atoms with van der Waals surface area (Å²) in [6, 6.07) is 8.86. The van der Waals surface area contributed by atoms with Crippen LogP contribution in [0.4, 0.5) is 0 Å². The third-order valence-corrected chi connectivity index (χ3v) is 3.04. The van der Waals surface area contributed by atoms with Crippen molar-refractivity contribution < 1.29 is 0 Å². The smallest absolute Gasteiger partial charge is 0.0841 e. The van der Waals surface area contributed by atoms with E-state index in [4.69, 9.17) is 5.10 Å². The van der Waals surface area contributed by atoms with E-state index in [-0.39, 0.29) is 0 Å². The molecule has 0 radical (unpaired) electrons. The van der Waals surface area contributed by atoms with Crippen LogP contribution in [0.3, 0.4) is 0 Å². The molecule has 0 aliphatic rings. The van der Waals surface area contributed by atoms with Crippen molar-refractivity contribution >= 4 is 10.9 Å². The van der Waals surface area contributed by atoms with Gasteiger partial charge in [-0.15, -0.1) is 11.8 Å². The maximum absolute atomic E-state index is 4.72. The van der Waals surface area contributed by atoms with Crippen LogP contribution in [0.1, 0.15) is 32.9 Å². The van der Waals surface area contributed by atoms with Crippen LogP contribution in [-0.2, 0) is 13.1 Å². The standard InChI is InChI=1S/C16H21N3/c1-4-5-8-11-19-16-10-7-6-9-14(16)15(18-19)12-17-13(2)3/h6-7,9-10,13,17H,8,11-12H2,1-3H3. The second-order valence-electron chi connectivity index (χ2n) is 4.90. The molecule has 1 N–H and O–H groups in total. The Morgan fingerprint density at radius 1 is 1.32 bits per heavy atom. The van der Waals surface area contributed by atoms with Gasteiger partial charge in [-0.1, -0.05) is 32.0 Å². The number of fused-ring (bicyclic) bond motifs is 1. The average molecular weight is 255 g/mol. The quantitative estimate of drug-likeness (QED) is 0.832. The molecular weight excluding hydrogens is 234 g/mol. The molecule has 1 heterocycles. The maximum Gasteiger partial charge on any atom is 0.0841 e. The molecule has 1 aromatic carbocycles. The van der Waals surface area contributed by atoms with Gasteiger partial charge in [0, 0.05) is 24.4 Å². The summed E-state index contributed by atoms with van der Waals surface area (Å²) in [5, 5.41) is 9.39. The Hall–Kier alpha value is -1.79. The van der Waals surface area contributed by atoms with Gasteiger partial charge in [0.25, 0.3) is 0 Å². The predicted molar refractivity (Wildman–Crippen MR) is 79.8 cm³/mol. The lowest BCUT2D eigenvalue weighted by atomic mass is 10.2. The molecule has 0 fully saturated rings. The summed E-state index contributed by atoms with van der Waals surface area (Å²) >= 11 is 0. The summed E-state index contributed by atoms with van der Waals surface area (Å²) in [5.41, 5.74) is 2.31. The van der Waals surface area contributed by atoms with E-state index in [0.717, 1.165) is 25.2 Å². The molecule has 0 atom stereocenters. The highest BCUT2D eigenvalue weighted by Gasteiger charge is 2.09. The highest BCUT2D eigenvalue weighted by atomic mass is 15.3. The largest absolute Gasteiger partial charge is 0.309 e. The summed E-state index contributed by atoms with van der Waals surface area (Å²) in [6.45, 7) is 7.83. The van der Waals surface area contributed by atoms with Crippen LogP contribution in [-0.4, -0.2) is 15.8 Å². The summed E-state index contributed by atoms with van der Waals surface area (Å²) in [5.74, 6) is 6.02. The van der Waals surface area contributed by atoms with Crippen molar-refractivity contribution in [3.05, 3.63) is 30.0 Å². The highest BCUT2D eigenvalue weighted by Crippen LogP contribution is 2.18. The zero-order valence-corrected chi connectivity index (χ0v) is 11.9. The molecule has 0 spiro atoms. The highest BCUT2D eigenvalue weighted by molar-refractivity contribution is 5.81. The lowest BCUT2D eigenvalue weighted by Crippen LogP contribution is -2.22. The Bertz CT molecular complexity index is 599. The number of aryl methyl sites for hydroxylation is 1. The van der Waals surface area contributed by atoms with E-state index in [1.807, 2.05) is 6.92 Å². The van der Waals surface area contributed by atoms with E-state index in [1.165, 1.54) is 10.9 Å². The molecule has 2 aromatic rings. The van der Waals surface area contributed by atoms with Crippen molar-refractivity contribution in [2.75, 3.05) is 0 Å². The van der Waals surface area contributed by atoms with Crippen LogP contribution in [0.15, 0.2) is 24.3 Å². The lowest BCUT2D eigenvalue weighted by molar-refractivity contribution is 0.567. The topological polar surface area (TPSA) is 29.9 Å². The first-order chi connectivity index (χ1) is 9.22. The van der Waals surface area contributed by atoms with Gasteiger partial charge < -0.3 is 5.32 Å². The van der Waals surface area contributed by atoms with E-state index < -0.39 is 0 Å². The van der Waals surface area contributed by atoms with Crippen molar-refractivity contribution in [3.63, 3.8) is 0 Å². The molecule has 3 nitrogen and oxygen atoms in total. The number of rotatable bonds is 5. The summed E-state index contributed by atoms with van der Waals surface area (Å²) in [7, 11) is 0. The summed E-state index contributed by atoms with van der Waals surface area (Å²) in [4.78, 5) is 0. The van der Waals surface area contributed by atoms with Crippen molar-refractivity contribution in [2.24, 2.45) is 0 Å². The molecule has 2 rings (SSSR count). The van der Waals surface area contributed by atoms with Crippen LogP contribution >= 0.6 is 0 Å². The molecule has 0 bridgehead atoms. The van der Waals surface area contributed by atoms with E-state index in [1.54, 1.807) is 0 Å². The van der Waals surface area contributed by atoms with E-state index in [9.17, 15) is 0 Å². The molecule has 19 heavy (non-hydrogen) atoms. The Labute approximate surface area is 115 Å². The van der Waals surface area contributed by atoms with Crippen LogP contribution in [0.2, 0.25) is 0 Å². The van der Waals surface area contributed by atoms with Gasteiger partial charge in [-0.25, -0.2) is 0 Å². The van der Waals surface area contributed by atoms with Crippen molar-refractivity contribution in [1.82, 2.24) is 15.1 Å². The number of nitrogens with one attached hydrogen (secondary N) is 1. The fourth-order valence-corrected chi connectivity index (χ4v) is 2.08. The Morgan fingerprint density at radius 3 is 2.84 bits per heavy atom. The average Bonchev–Trinajstić information content (AvgIpc) is 2.76. The van der Waals surface area contributed by atoms with Crippen LogP contribution in [0.5, 0.6) is 0 Å². The van der Waals surface area contributed by atoms with Gasteiger partial charge >= 0.3 is 0 Å². The van der Waals surface area contributed by atoms with Gasteiger partial charge in [0.2, 0.25) is 0 Å². The van der Waals surface area contributed by atoms with Gasteiger partial charge in [-0.3, -0.25) is 4.68 Å². The molecule has 100 valence electrons. The second kappa shape index (κ2) is 6.40. The number of para-hydroxylation sites is 1. The number of hydrogen-bond acceptors (Lipinski definition) is 2. The van der Waals surface area contributed by atoms with Gasteiger partial charge in [0.05, 0.1) is 17.8 Å². The third kappa shape index (κ3) is 3.36. The van der Waals surface area contributed by atoms with E-state index in [2.05, 4.69) is 60.0 Å². The SMILES string of the molecule is CC#CCCn1nc(CNC(C)C)c2ccccc21. The maximum atomic E-state index is 4.72. The molecule has 0 saturated carbocycles. The lowest BCUT2D eigenvalue weighted by Gasteiger charge is -2.05. The van der Waals surface area contributed by atoms with Gasteiger partial charge in [-0.2, -0.15) is 5.10 Å². The van der Waals surface area contributed by atoms with E-state index >= 15 is 0 Å². The van der Waals surface area contributed by atoms with Crippen molar-refractivity contribution in [2.45, 2.75) is 46.3 Å². The number of hydrogen-bond donors (Lipinski definition) is 1. The van der Waals surface area contributed by atoms with Gasteiger partial charge in [0.15, 0.2) is 0 Å². The van der Waals surface area contributed by atoms with Crippen molar-refractivity contribution in [3.8, 4) is 11.8 Å². The summed E-state index contributed by atoms with van der Waals surface area (Å²) in [6.07, 6.45) is 0.846. The first kappa shape index (κ1) is 13.6. The molecule has 0 unspecified atom stereocenters.